The first kappa shape index (κ1) is 24.6. The van der Waals surface area contributed by atoms with Crippen LogP contribution in [0.25, 0.3) is 0 Å². The van der Waals surface area contributed by atoms with Crippen LogP contribution in [0, 0.1) is 0 Å². The summed E-state index contributed by atoms with van der Waals surface area (Å²) in [6, 6.07) is -0.789. The van der Waals surface area contributed by atoms with E-state index >= 15 is 0 Å². The van der Waals surface area contributed by atoms with Crippen LogP contribution in [0.15, 0.2) is 12.2 Å². The molecule has 26 heavy (non-hydrogen) atoms. The molecule has 0 aliphatic heterocycles. The van der Waals surface area contributed by atoms with Gasteiger partial charge < -0.3 is 16.2 Å². The Bertz CT molecular complexity index is 383. The minimum absolute atomic E-state index is 0.102. The number of allylic oxidation sites excluding steroid dienone is 2. The number of nitrogens with two attached hydrogens (primary N) is 1. The van der Waals surface area contributed by atoms with Gasteiger partial charge in [-0.25, -0.2) is 0 Å². The summed E-state index contributed by atoms with van der Waals surface area (Å²) in [5.74, 6) is -0.859. The van der Waals surface area contributed by atoms with Crippen LogP contribution in [0.2, 0.25) is 0 Å². The number of rotatable bonds is 18. The molecule has 0 aliphatic rings. The van der Waals surface area contributed by atoms with E-state index in [1.807, 2.05) is 0 Å². The molecule has 0 saturated heterocycles. The van der Waals surface area contributed by atoms with Crippen molar-refractivity contribution in [2.24, 2.45) is 5.73 Å². The maximum atomic E-state index is 11.7. The average molecular weight is 369 g/mol. The molecule has 0 radical (unpaired) electrons. The van der Waals surface area contributed by atoms with Crippen molar-refractivity contribution in [3.8, 4) is 0 Å². The van der Waals surface area contributed by atoms with E-state index in [-0.39, 0.29) is 5.91 Å². The Labute approximate surface area is 159 Å². The number of amides is 1. The number of unbranched alkanes of at least 4 members (excludes halogenated alkanes) is 9. The van der Waals surface area contributed by atoms with Crippen LogP contribution in [0.4, 0.5) is 0 Å². The average Bonchev–Trinajstić information content (AvgIpc) is 2.62. The highest BCUT2D eigenvalue weighted by molar-refractivity contribution is 5.75. The second-order valence-corrected chi connectivity index (χ2v) is 7.06. The zero-order chi connectivity index (χ0) is 19.5. The van der Waals surface area contributed by atoms with Crippen molar-refractivity contribution in [2.45, 2.75) is 103 Å². The van der Waals surface area contributed by atoms with Crippen molar-refractivity contribution in [3.05, 3.63) is 12.2 Å². The zero-order valence-electron chi connectivity index (χ0n) is 16.7. The Morgan fingerprint density at radius 3 is 2.19 bits per heavy atom. The molecular formula is C21H40N2O3. The zero-order valence-corrected chi connectivity index (χ0v) is 16.7. The van der Waals surface area contributed by atoms with Gasteiger partial charge in [-0.05, 0) is 44.9 Å². The molecule has 0 rings (SSSR count). The standard InChI is InChI=1S/C21H40N2O3/c1-2-3-4-5-6-7-8-9-10-11-12-13-17-20(24)23-18-15-14-16-19(22)21(25)26/h5-6,19H,2-4,7-18,22H2,1H3,(H,23,24)(H,25,26)/b6-5+/t19-/m0/s1. The van der Waals surface area contributed by atoms with E-state index in [0.29, 0.717) is 19.4 Å². The largest absolute Gasteiger partial charge is 0.480 e. The van der Waals surface area contributed by atoms with Crippen molar-refractivity contribution in [1.29, 1.82) is 0 Å². The van der Waals surface area contributed by atoms with Crippen molar-refractivity contribution >= 4 is 11.9 Å². The molecule has 0 aromatic carbocycles. The van der Waals surface area contributed by atoms with Gasteiger partial charge in [-0.2, -0.15) is 0 Å². The van der Waals surface area contributed by atoms with E-state index in [1.165, 1.54) is 51.4 Å². The molecule has 4 N–H and O–H groups in total. The lowest BCUT2D eigenvalue weighted by molar-refractivity contribution is -0.138. The van der Waals surface area contributed by atoms with Crippen LogP contribution in [0.5, 0.6) is 0 Å². The molecule has 0 fully saturated rings. The van der Waals surface area contributed by atoms with E-state index in [2.05, 4.69) is 24.4 Å². The van der Waals surface area contributed by atoms with Gasteiger partial charge in [0, 0.05) is 13.0 Å². The number of carboxylic acids is 1. The molecule has 5 nitrogen and oxygen atoms in total. The van der Waals surface area contributed by atoms with Gasteiger partial charge in [0.2, 0.25) is 5.91 Å². The summed E-state index contributed by atoms with van der Waals surface area (Å²) < 4.78 is 0. The van der Waals surface area contributed by atoms with Gasteiger partial charge in [-0.15, -0.1) is 0 Å². The second-order valence-electron chi connectivity index (χ2n) is 7.06. The summed E-state index contributed by atoms with van der Waals surface area (Å²) in [4.78, 5) is 22.3. The SMILES string of the molecule is CCCC/C=C/CCCCCCCCC(=O)NCCCC[C@H](N)C(=O)O. The lowest BCUT2D eigenvalue weighted by Gasteiger charge is -2.07. The van der Waals surface area contributed by atoms with Gasteiger partial charge in [-0.1, -0.05) is 57.6 Å². The smallest absolute Gasteiger partial charge is 0.320 e. The maximum absolute atomic E-state index is 11.7. The van der Waals surface area contributed by atoms with E-state index in [9.17, 15) is 9.59 Å². The van der Waals surface area contributed by atoms with Gasteiger partial charge in [-0.3, -0.25) is 9.59 Å². The molecule has 0 bridgehead atoms. The van der Waals surface area contributed by atoms with Crippen LogP contribution in [0.3, 0.4) is 0 Å². The van der Waals surface area contributed by atoms with Crippen molar-refractivity contribution in [3.63, 3.8) is 0 Å². The third-order valence-electron chi connectivity index (χ3n) is 4.50. The predicted octanol–water partition coefficient (Wildman–Crippen LogP) is 4.55. The van der Waals surface area contributed by atoms with Crippen molar-refractivity contribution in [2.75, 3.05) is 6.54 Å². The molecular weight excluding hydrogens is 328 g/mol. The Morgan fingerprint density at radius 2 is 1.54 bits per heavy atom. The lowest BCUT2D eigenvalue weighted by Crippen LogP contribution is -2.30. The summed E-state index contributed by atoms with van der Waals surface area (Å²) in [7, 11) is 0. The van der Waals surface area contributed by atoms with Crippen LogP contribution in [-0.2, 0) is 9.59 Å². The highest BCUT2D eigenvalue weighted by Crippen LogP contribution is 2.09. The molecule has 0 heterocycles. The third kappa shape index (κ3) is 17.5. The first-order chi connectivity index (χ1) is 12.6. The number of carbonyl (C=O) groups is 2. The monoisotopic (exact) mass is 368 g/mol. The number of hydrogen-bond acceptors (Lipinski definition) is 3. The van der Waals surface area contributed by atoms with E-state index in [1.54, 1.807) is 0 Å². The first-order valence-corrected chi connectivity index (χ1v) is 10.5. The molecule has 152 valence electrons. The normalized spacial score (nSPS) is 12.4. The number of nitrogens with one attached hydrogen (secondary N) is 1. The topological polar surface area (TPSA) is 92.4 Å². The Morgan fingerprint density at radius 1 is 0.923 bits per heavy atom. The fourth-order valence-corrected chi connectivity index (χ4v) is 2.74. The highest BCUT2D eigenvalue weighted by Gasteiger charge is 2.10. The van der Waals surface area contributed by atoms with Gasteiger partial charge in [0.15, 0.2) is 0 Å². The summed E-state index contributed by atoms with van der Waals surface area (Å²) in [5, 5.41) is 11.6. The third-order valence-corrected chi connectivity index (χ3v) is 4.50. The predicted molar refractivity (Wildman–Crippen MR) is 108 cm³/mol. The van der Waals surface area contributed by atoms with Crippen LogP contribution < -0.4 is 11.1 Å². The minimum Gasteiger partial charge on any atom is -0.480 e. The van der Waals surface area contributed by atoms with Crippen LogP contribution >= 0.6 is 0 Å². The van der Waals surface area contributed by atoms with Crippen molar-refractivity contribution < 1.29 is 14.7 Å². The van der Waals surface area contributed by atoms with E-state index in [4.69, 9.17) is 10.8 Å². The van der Waals surface area contributed by atoms with Crippen LogP contribution in [-0.4, -0.2) is 29.6 Å². The molecule has 1 atom stereocenters. The Kier molecular flexibility index (Phi) is 17.5. The quantitative estimate of drug-likeness (QED) is 0.244. The summed E-state index contributed by atoms with van der Waals surface area (Å²) in [6.45, 7) is 2.83. The molecule has 0 unspecified atom stereocenters. The van der Waals surface area contributed by atoms with Gasteiger partial charge in [0.25, 0.3) is 0 Å². The summed E-state index contributed by atoms with van der Waals surface area (Å²) in [5.41, 5.74) is 5.43. The van der Waals surface area contributed by atoms with E-state index in [0.717, 1.165) is 25.7 Å². The molecule has 0 saturated carbocycles. The van der Waals surface area contributed by atoms with Crippen molar-refractivity contribution in [1.82, 2.24) is 5.32 Å². The maximum Gasteiger partial charge on any atom is 0.320 e. The first-order valence-electron chi connectivity index (χ1n) is 10.5. The molecule has 0 aromatic rings. The second kappa shape index (κ2) is 18.4. The Balaban J connectivity index is 3.29. The molecule has 5 heteroatoms. The number of hydrogen-bond donors (Lipinski definition) is 3. The molecule has 1 amide bonds. The van der Waals surface area contributed by atoms with E-state index < -0.39 is 12.0 Å². The fraction of sp³-hybridized carbons (Fsp3) is 0.810. The highest BCUT2D eigenvalue weighted by atomic mass is 16.4. The fourth-order valence-electron chi connectivity index (χ4n) is 2.74. The number of carboxylic acid groups (broad SMARTS) is 1. The number of aliphatic carboxylic acids is 1. The summed E-state index contributed by atoms with van der Waals surface area (Å²) in [6.07, 6.45) is 19.2. The van der Waals surface area contributed by atoms with Gasteiger partial charge in [0.05, 0.1) is 0 Å². The molecule has 0 aromatic heterocycles. The van der Waals surface area contributed by atoms with Gasteiger partial charge >= 0.3 is 5.97 Å². The minimum atomic E-state index is -0.961. The molecule has 0 aliphatic carbocycles. The molecule has 0 spiro atoms. The lowest BCUT2D eigenvalue weighted by atomic mass is 10.1. The van der Waals surface area contributed by atoms with Crippen LogP contribution in [0.1, 0.15) is 96.8 Å². The Hall–Kier alpha value is -1.36. The summed E-state index contributed by atoms with van der Waals surface area (Å²) >= 11 is 0. The van der Waals surface area contributed by atoms with Gasteiger partial charge in [0.1, 0.15) is 6.04 Å². The number of carbonyl (C=O) groups excluding carboxylic acids is 1.